The van der Waals surface area contributed by atoms with Gasteiger partial charge in [0.25, 0.3) is 11.8 Å². The second-order valence-corrected chi connectivity index (χ2v) is 6.63. The maximum absolute atomic E-state index is 12.3. The van der Waals surface area contributed by atoms with Crippen LogP contribution >= 0.6 is 0 Å². The Morgan fingerprint density at radius 3 is 2.57 bits per heavy atom. The molecule has 0 aliphatic carbocycles. The molecular formula is C23H22N4O3. The van der Waals surface area contributed by atoms with Crippen LogP contribution in [0.15, 0.2) is 54.6 Å². The van der Waals surface area contributed by atoms with E-state index in [4.69, 9.17) is 4.74 Å². The van der Waals surface area contributed by atoms with Crippen molar-refractivity contribution in [3.63, 3.8) is 0 Å². The Morgan fingerprint density at radius 2 is 1.87 bits per heavy atom. The third-order valence-corrected chi connectivity index (χ3v) is 4.31. The molecule has 0 fully saturated rings. The van der Waals surface area contributed by atoms with E-state index in [2.05, 4.69) is 27.4 Å². The van der Waals surface area contributed by atoms with Gasteiger partial charge in [-0.1, -0.05) is 24.0 Å². The van der Waals surface area contributed by atoms with Crippen LogP contribution in [-0.4, -0.2) is 54.7 Å². The summed E-state index contributed by atoms with van der Waals surface area (Å²) in [6, 6.07) is 16.1. The van der Waals surface area contributed by atoms with Crippen LogP contribution in [0.25, 0.3) is 11.3 Å². The van der Waals surface area contributed by atoms with E-state index in [1.165, 1.54) is 4.90 Å². The van der Waals surface area contributed by atoms with E-state index in [0.717, 1.165) is 11.1 Å². The fraction of sp³-hybridized carbons (Fsp3) is 0.174. The topological polar surface area (TPSA) is 87.3 Å². The third-order valence-electron chi connectivity index (χ3n) is 4.31. The third kappa shape index (κ3) is 4.86. The number of nitrogens with zero attached hydrogens (tertiary/aromatic N) is 2. The van der Waals surface area contributed by atoms with Crippen molar-refractivity contribution in [2.45, 2.75) is 0 Å². The molecule has 0 atom stereocenters. The lowest BCUT2D eigenvalue weighted by Crippen LogP contribution is -2.23. The van der Waals surface area contributed by atoms with Crippen LogP contribution in [0.5, 0.6) is 5.75 Å². The number of carbonyl (C=O) groups is 2. The van der Waals surface area contributed by atoms with Crippen molar-refractivity contribution in [2.24, 2.45) is 0 Å². The van der Waals surface area contributed by atoms with Crippen LogP contribution in [0.2, 0.25) is 0 Å². The van der Waals surface area contributed by atoms with Crippen LogP contribution in [0.1, 0.15) is 26.4 Å². The van der Waals surface area contributed by atoms with Gasteiger partial charge in [-0.3, -0.25) is 14.7 Å². The van der Waals surface area contributed by atoms with E-state index >= 15 is 0 Å². The summed E-state index contributed by atoms with van der Waals surface area (Å²) in [5, 5.41) is 9.66. The summed E-state index contributed by atoms with van der Waals surface area (Å²) >= 11 is 0. The maximum Gasteiger partial charge on any atom is 0.270 e. The molecule has 0 aliphatic heterocycles. The molecule has 7 nitrogen and oxygen atoms in total. The number of benzene rings is 2. The van der Waals surface area contributed by atoms with Crippen molar-refractivity contribution in [2.75, 3.05) is 27.7 Å². The van der Waals surface area contributed by atoms with Crippen molar-refractivity contribution in [3.05, 3.63) is 71.4 Å². The monoisotopic (exact) mass is 402 g/mol. The van der Waals surface area contributed by atoms with E-state index in [-0.39, 0.29) is 18.4 Å². The van der Waals surface area contributed by atoms with Gasteiger partial charge in [0.05, 0.1) is 19.3 Å². The van der Waals surface area contributed by atoms with E-state index < -0.39 is 0 Å². The minimum atomic E-state index is -0.301. The predicted octanol–water partition coefficient (Wildman–Crippen LogP) is 2.57. The fourth-order valence-electron chi connectivity index (χ4n) is 2.75. The highest BCUT2D eigenvalue weighted by atomic mass is 16.5. The molecule has 152 valence electrons. The smallest absolute Gasteiger partial charge is 0.270 e. The number of ether oxygens (including phenoxy) is 1. The number of nitrogens with one attached hydrogen (secondary N) is 2. The number of hydrogen-bond donors (Lipinski definition) is 2. The molecule has 0 radical (unpaired) electrons. The van der Waals surface area contributed by atoms with Crippen LogP contribution in [0, 0.1) is 11.8 Å². The molecule has 3 rings (SSSR count). The van der Waals surface area contributed by atoms with Crippen molar-refractivity contribution < 1.29 is 14.3 Å². The van der Waals surface area contributed by atoms with Crippen LogP contribution in [-0.2, 0) is 0 Å². The van der Waals surface area contributed by atoms with Gasteiger partial charge in [0, 0.05) is 30.8 Å². The first-order valence-electron chi connectivity index (χ1n) is 9.27. The molecule has 0 unspecified atom stereocenters. The number of carbonyl (C=O) groups excluding carboxylic acids is 2. The molecule has 2 aromatic carbocycles. The SMILES string of the molecule is COc1ccccc1-c1cc(C(=O)NCC#Cc2ccc(C(=O)N(C)C)cc2)[nH]n1. The summed E-state index contributed by atoms with van der Waals surface area (Å²) < 4.78 is 5.33. The number of methoxy groups -OCH3 is 1. The van der Waals surface area contributed by atoms with E-state index in [1.54, 1.807) is 51.5 Å². The Bertz CT molecular complexity index is 1110. The predicted molar refractivity (Wildman–Crippen MR) is 114 cm³/mol. The van der Waals surface area contributed by atoms with Crippen molar-refractivity contribution >= 4 is 11.8 Å². The van der Waals surface area contributed by atoms with E-state index in [9.17, 15) is 9.59 Å². The summed E-state index contributed by atoms with van der Waals surface area (Å²) in [6.07, 6.45) is 0. The van der Waals surface area contributed by atoms with Gasteiger partial charge in [0.1, 0.15) is 11.4 Å². The van der Waals surface area contributed by atoms with Gasteiger partial charge in [-0.25, -0.2) is 0 Å². The molecular weight excluding hydrogens is 380 g/mol. The van der Waals surface area contributed by atoms with Gasteiger partial charge in [0.2, 0.25) is 0 Å². The molecule has 0 spiro atoms. The summed E-state index contributed by atoms with van der Waals surface area (Å²) in [5.41, 5.74) is 3.12. The van der Waals surface area contributed by atoms with Crippen LogP contribution in [0.3, 0.4) is 0 Å². The molecule has 30 heavy (non-hydrogen) atoms. The average Bonchev–Trinajstić information content (AvgIpc) is 3.26. The lowest BCUT2D eigenvalue weighted by atomic mass is 10.1. The minimum absolute atomic E-state index is 0.0613. The second-order valence-electron chi connectivity index (χ2n) is 6.63. The number of hydrogen-bond acceptors (Lipinski definition) is 4. The summed E-state index contributed by atoms with van der Waals surface area (Å²) in [4.78, 5) is 25.7. The van der Waals surface area contributed by atoms with Crippen molar-refractivity contribution in [1.82, 2.24) is 20.4 Å². The molecule has 1 aromatic heterocycles. The van der Waals surface area contributed by atoms with Gasteiger partial charge < -0.3 is 15.0 Å². The van der Waals surface area contributed by atoms with Gasteiger partial charge in [0.15, 0.2) is 0 Å². The molecule has 0 bridgehead atoms. The normalized spacial score (nSPS) is 9.97. The highest BCUT2D eigenvalue weighted by Crippen LogP contribution is 2.28. The molecule has 2 N–H and O–H groups in total. The lowest BCUT2D eigenvalue weighted by molar-refractivity contribution is 0.0827. The number of H-pyrrole nitrogens is 1. The summed E-state index contributed by atoms with van der Waals surface area (Å²) in [7, 11) is 5.00. The minimum Gasteiger partial charge on any atom is -0.496 e. The molecule has 0 aliphatic rings. The van der Waals surface area contributed by atoms with Gasteiger partial charge in [-0.2, -0.15) is 5.10 Å². The zero-order valence-electron chi connectivity index (χ0n) is 17.0. The molecule has 7 heteroatoms. The number of aromatic amines is 1. The van der Waals surface area contributed by atoms with Gasteiger partial charge >= 0.3 is 0 Å². The van der Waals surface area contributed by atoms with Crippen LogP contribution in [0.4, 0.5) is 0 Å². The highest BCUT2D eigenvalue weighted by molar-refractivity contribution is 5.94. The highest BCUT2D eigenvalue weighted by Gasteiger charge is 2.13. The first kappa shape index (κ1) is 20.7. The standard InChI is InChI=1S/C23H22N4O3/c1-27(2)23(29)17-12-10-16(11-13-17)7-6-14-24-22(28)20-15-19(25-26-20)18-8-4-5-9-21(18)30-3/h4-5,8-13,15H,14H2,1-3H3,(H,24,28)(H,25,26). The number of aromatic nitrogens is 2. The summed E-state index contributed by atoms with van der Waals surface area (Å²) in [6.45, 7) is 0.181. The zero-order chi connectivity index (χ0) is 21.5. The Hall–Kier alpha value is -4.05. The molecule has 3 aromatic rings. The largest absolute Gasteiger partial charge is 0.496 e. The Kier molecular flexibility index (Phi) is 6.50. The average molecular weight is 402 g/mol. The summed E-state index contributed by atoms with van der Waals surface area (Å²) in [5.74, 6) is 6.18. The molecule has 0 saturated carbocycles. The van der Waals surface area contributed by atoms with E-state index in [0.29, 0.717) is 22.7 Å². The van der Waals surface area contributed by atoms with Crippen molar-refractivity contribution in [3.8, 4) is 28.8 Å². The first-order valence-corrected chi connectivity index (χ1v) is 9.27. The lowest BCUT2D eigenvalue weighted by Gasteiger charge is -2.09. The van der Waals surface area contributed by atoms with Gasteiger partial charge in [-0.05, 0) is 42.5 Å². The zero-order valence-corrected chi connectivity index (χ0v) is 17.0. The number of rotatable bonds is 5. The fourth-order valence-corrected chi connectivity index (χ4v) is 2.75. The Morgan fingerprint density at radius 1 is 1.13 bits per heavy atom. The number of para-hydroxylation sites is 1. The van der Waals surface area contributed by atoms with E-state index in [1.807, 2.05) is 24.3 Å². The maximum atomic E-state index is 12.3. The molecule has 1 heterocycles. The first-order chi connectivity index (χ1) is 14.5. The molecule has 0 saturated heterocycles. The quantitative estimate of drug-likeness (QED) is 0.642. The molecule has 2 amide bonds. The van der Waals surface area contributed by atoms with Crippen LogP contribution < -0.4 is 10.1 Å². The van der Waals surface area contributed by atoms with Gasteiger partial charge in [-0.15, -0.1) is 0 Å². The Balaban J connectivity index is 1.59. The second kappa shape index (κ2) is 9.43. The Labute approximate surface area is 175 Å². The van der Waals surface area contributed by atoms with Crippen molar-refractivity contribution in [1.29, 1.82) is 0 Å². The number of amides is 2.